The predicted octanol–water partition coefficient (Wildman–Crippen LogP) is 1.82. The van der Waals surface area contributed by atoms with Crippen LogP contribution in [0.15, 0.2) is 0 Å². The number of hydrogen-bond donors (Lipinski definition) is 5. The normalized spacial score (nSPS) is 21.7. The molecule has 0 heterocycles. The molecule has 5 N–H and O–H groups in total. The third-order valence-corrected chi connectivity index (χ3v) is 10.1. The average Bonchev–Trinajstić information content (AvgIpc) is 2.57. The first-order chi connectivity index (χ1) is 12.1. The van der Waals surface area contributed by atoms with Crippen LogP contribution in [0.3, 0.4) is 0 Å². The molecule has 0 aromatic carbocycles. The van der Waals surface area contributed by atoms with E-state index in [2.05, 4.69) is 0 Å². The number of nitrogens with zero attached hydrogens (tertiary/aromatic N) is 2. The Balaban J connectivity index is 4.71. The van der Waals surface area contributed by atoms with Crippen molar-refractivity contribution in [1.29, 1.82) is 0 Å². The summed E-state index contributed by atoms with van der Waals surface area (Å²) in [4.78, 5) is 40.6. The molecule has 0 aliphatic heterocycles. The molecule has 0 saturated heterocycles. The molecule has 0 aromatic rings. The van der Waals surface area contributed by atoms with Gasteiger partial charge >= 0.3 is 0 Å². The van der Waals surface area contributed by atoms with Crippen LogP contribution < -0.4 is 5.25 Å². The van der Waals surface area contributed by atoms with Crippen molar-refractivity contribution in [2.45, 2.75) is 51.6 Å². The van der Waals surface area contributed by atoms with Gasteiger partial charge < -0.3 is 19.9 Å². The number of hydrogen-bond acceptors (Lipinski definition) is 6. The monoisotopic (exact) mass is 455 g/mol. The van der Waals surface area contributed by atoms with Crippen LogP contribution in [0, 0.1) is 0 Å². The number of nitrogens with one attached hydrogen (secondary N) is 1. The Hall–Kier alpha value is 0.330. The molecule has 0 aliphatic carbocycles. The molecule has 0 fully saturated rings. The molecule has 0 aliphatic rings. The Morgan fingerprint density at radius 2 is 1.44 bits per heavy atom. The molecule has 0 rings (SSSR count). The lowest BCUT2D eigenvalue weighted by Crippen LogP contribution is -2.31. The second-order valence-electron chi connectivity index (χ2n) is 6.44. The Kier molecular flexibility index (Phi) is 11.1. The first-order valence-electron chi connectivity index (χ1n) is 8.31. The maximum absolute atomic E-state index is 12.5. The molecule has 12 nitrogen and oxygen atoms in total. The van der Waals surface area contributed by atoms with Crippen molar-refractivity contribution < 1.29 is 43.3 Å². The SMILES string of the molecule is CCN(O)P(=O)(O)C(C)CON(C)P(=O)(O)C(C)CONP(=O)(O)C(C)C. The van der Waals surface area contributed by atoms with Crippen LogP contribution in [0.1, 0.15) is 34.6 Å². The van der Waals surface area contributed by atoms with Gasteiger partial charge in [-0.05, 0) is 20.8 Å². The van der Waals surface area contributed by atoms with Crippen LogP contribution in [0.25, 0.3) is 0 Å². The summed E-state index contributed by atoms with van der Waals surface area (Å²) < 4.78 is 36.2. The molecule has 15 heteroatoms. The molecule has 164 valence electrons. The Morgan fingerprint density at radius 3 is 1.89 bits per heavy atom. The lowest BCUT2D eigenvalue weighted by Gasteiger charge is -2.30. The minimum Gasteiger partial charge on any atom is -0.332 e. The number of rotatable bonds is 13. The highest BCUT2D eigenvalue weighted by molar-refractivity contribution is 7.56. The summed E-state index contributed by atoms with van der Waals surface area (Å²) in [5.74, 6) is 0. The summed E-state index contributed by atoms with van der Waals surface area (Å²) in [6.07, 6.45) is 0. The Labute approximate surface area is 159 Å². The molecule has 0 radical (unpaired) electrons. The van der Waals surface area contributed by atoms with Crippen LogP contribution in [-0.2, 0) is 23.4 Å². The topological polar surface area (TPSA) is 169 Å². The first kappa shape index (κ1) is 27.3. The second kappa shape index (κ2) is 10.9. The van der Waals surface area contributed by atoms with Crippen LogP contribution in [0.5, 0.6) is 0 Å². The lowest BCUT2D eigenvalue weighted by atomic mass is 10.5. The summed E-state index contributed by atoms with van der Waals surface area (Å²) in [7, 11) is -10.7. The summed E-state index contributed by atoms with van der Waals surface area (Å²) in [6, 6.07) is 0. The Morgan fingerprint density at radius 1 is 0.963 bits per heavy atom. The van der Waals surface area contributed by atoms with Gasteiger partial charge in [-0.3, -0.25) is 23.4 Å². The van der Waals surface area contributed by atoms with Crippen molar-refractivity contribution in [1.82, 2.24) is 14.9 Å². The van der Waals surface area contributed by atoms with Gasteiger partial charge in [0.2, 0.25) is 0 Å². The molecule has 0 aromatic heterocycles. The van der Waals surface area contributed by atoms with E-state index in [0.29, 0.717) is 9.67 Å². The third-order valence-electron chi connectivity index (χ3n) is 3.89. The minimum absolute atomic E-state index is 0.0705. The molecular weight excluding hydrogens is 423 g/mol. The summed E-state index contributed by atoms with van der Waals surface area (Å²) in [5, 5.41) is 11.5. The lowest BCUT2D eigenvalue weighted by molar-refractivity contribution is -0.0798. The van der Waals surface area contributed by atoms with Crippen LogP contribution in [-0.4, -0.2) is 73.3 Å². The third kappa shape index (κ3) is 7.93. The molecular formula is C12H32N3O9P3. The largest absolute Gasteiger partial charge is 0.332 e. The van der Waals surface area contributed by atoms with Crippen LogP contribution >= 0.6 is 22.6 Å². The van der Waals surface area contributed by atoms with Gasteiger partial charge in [0.25, 0.3) is 22.6 Å². The molecule has 0 bridgehead atoms. The highest BCUT2D eigenvalue weighted by atomic mass is 31.2. The van der Waals surface area contributed by atoms with Crippen LogP contribution in [0.2, 0.25) is 0 Å². The van der Waals surface area contributed by atoms with E-state index >= 15 is 0 Å². The van der Waals surface area contributed by atoms with E-state index in [1.807, 2.05) is 5.25 Å². The molecule has 5 atom stereocenters. The zero-order valence-corrected chi connectivity index (χ0v) is 19.1. The molecule has 27 heavy (non-hydrogen) atoms. The molecule has 0 saturated carbocycles. The van der Waals surface area contributed by atoms with Crippen molar-refractivity contribution in [3.63, 3.8) is 0 Å². The van der Waals surface area contributed by atoms with Gasteiger partial charge in [0.15, 0.2) is 0 Å². The van der Waals surface area contributed by atoms with Crippen molar-refractivity contribution >= 4 is 22.6 Å². The van der Waals surface area contributed by atoms with E-state index < -0.39 is 46.1 Å². The van der Waals surface area contributed by atoms with Crippen molar-refractivity contribution in [2.24, 2.45) is 0 Å². The van der Waals surface area contributed by atoms with E-state index in [1.54, 1.807) is 0 Å². The zero-order valence-electron chi connectivity index (χ0n) is 16.4. The maximum atomic E-state index is 12.5. The fourth-order valence-electron chi connectivity index (χ4n) is 1.56. The quantitative estimate of drug-likeness (QED) is 0.202. The number of hydroxylamine groups is 2. The molecule has 5 unspecified atom stereocenters. The van der Waals surface area contributed by atoms with E-state index in [4.69, 9.17) is 9.68 Å². The van der Waals surface area contributed by atoms with Gasteiger partial charge in [0.05, 0.1) is 24.5 Å². The fourth-order valence-corrected chi connectivity index (χ4v) is 4.20. The first-order valence-corrected chi connectivity index (χ1v) is 13.4. The van der Waals surface area contributed by atoms with Gasteiger partial charge in [0.1, 0.15) is 0 Å². The van der Waals surface area contributed by atoms with Gasteiger partial charge in [-0.1, -0.05) is 13.8 Å². The highest BCUT2D eigenvalue weighted by Gasteiger charge is 2.37. The van der Waals surface area contributed by atoms with E-state index in [9.17, 15) is 33.6 Å². The standard InChI is InChI=1S/C12H32N3O9P3/c1-7-15(16)27(21,22)12(5)9-24-14(6)26(19,20)11(4)8-23-13-25(17,18)10(2)3/h10-12,16H,7-9H2,1-6H3,(H,19,20)(H,21,22)(H2,13,17,18). The van der Waals surface area contributed by atoms with Crippen LogP contribution in [0.4, 0.5) is 0 Å². The van der Waals surface area contributed by atoms with Gasteiger partial charge in [0, 0.05) is 19.3 Å². The predicted molar refractivity (Wildman–Crippen MR) is 101 cm³/mol. The molecule has 0 amide bonds. The van der Waals surface area contributed by atoms with Gasteiger partial charge in [-0.2, -0.15) is 0 Å². The zero-order chi connectivity index (χ0) is 21.6. The van der Waals surface area contributed by atoms with Crippen molar-refractivity contribution in [3.05, 3.63) is 0 Å². The van der Waals surface area contributed by atoms with E-state index in [-0.39, 0.29) is 13.2 Å². The summed E-state index contributed by atoms with van der Waals surface area (Å²) >= 11 is 0. The van der Waals surface area contributed by atoms with Gasteiger partial charge in [-0.25, -0.2) is 0 Å². The summed E-state index contributed by atoms with van der Waals surface area (Å²) in [6.45, 7) is 6.45. The van der Waals surface area contributed by atoms with Crippen molar-refractivity contribution in [3.8, 4) is 0 Å². The van der Waals surface area contributed by atoms with E-state index in [0.717, 1.165) is 0 Å². The molecule has 0 spiro atoms. The van der Waals surface area contributed by atoms with Crippen molar-refractivity contribution in [2.75, 3.05) is 26.8 Å². The smallest absolute Gasteiger partial charge is 0.297 e. The second-order valence-corrected chi connectivity index (χ2v) is 14.0. The maximum Gasteiger partial charge on any atom is 0.297 e. The fraction of sp³-hybridized carbons (Fsp3) is 1.00. The highest BCUT2D eigenvalue weighted by Crippen LogP contribution is 2.52. The minimum atomic E-state index is -4.09. The summed E-state index contributed by atoms with van der Waals surface area (Å²) in [5.41, 5.74) is -2.61. The Bertz CT molecular complexity index is 606. The van der Waals surface area contributed by atoms with Gasteiger partial charge in [-0.15, -0.1) is 14.9 Å². The van der Waals surface area contributed by atoms with E-state index in [1.165, 1.54) is 41.7 Å². The average molecular weight is 455 g/mol.